The van der Waals surface area contributed by atoms with Crippen LogP contribution in [0.15, 0.2) is 22.7 Å². The van der Waals surface area contributed by atoms with Gasteiger partial charge in [-0.1, -0.05) is 12.1 Å². The Kier molecular flexibility index (Phi) is 3.66. The van der Waals surface area contributed by atoms with Gasteiger partial charge in [0.2, 0.25) is 11.7 Å². The van der Waals surface area contributed by atoms with Crippen LogP contribution in [0, 0.1) is 11.6 Å². The molecule has 0 aliphatic rings. The van der Waals surface area contributed by atoms with Gasteiger partial charge >= 0.3 is 0 Å². The Bertz CT molecular complexity index is 538. The van der Waals surface area contributed by atoms with Crippen LogP contribution >= 0.6 is 0 Å². The van der Waals surface area contributed by atoms with Gasteiger partial charge in [-0.2, -0.15) is 4.98 Å². The quantitative estimate of drug-likeness (QED) is 0.909. The lowest BCUT2D eigenvalue weighted by atomic mass is 10.1. The first-order chi connectivity index (χ1) is 8.65. The molecule has 1 aromatic carbocycles. The lowest BCUT2D eigenvalue weighted by Crippen LogP contribution is -2.11. The second-order valence-electron chi connectivity index (χ2n) is 3.93. The van der Waals surface area contributed by atoms with E-state index in [1.165, 1.54) is 6.07 Å². The first-order valence-electron chi connectivity index (χ1n) is 5.64. The fourth-order valence-corrected chi connectivity index (χ4v) is 1.60. The van der Waals surface area contributed by atoms with Crippen molar-refractivity contribution < 1.29 is 13.3 Å². The number of nitrogens with zero attached hydrogens (tertiary/aromatic N) is 2. The van der Waals surface area contributed by atoms with Gasteiger partial charge in [-0.05, 0) is 24.6 Å². The molecule has 4 nitrogen and oxygen atoms in total. The predicted octanol–water partition coefficient (Wildman–Crippen LogP) is 2.47. The van der Waals surface area contributed by atoms with E-state index in [9.17, 15) is 8.78 Å². The van der Waals surface area contributed by atoms with E-state index < -0.39 is 11.6 Å². The lowest BCUT2D eigenvalue weighted by Gasteiger charge is -2.04. The molecule has 2 rings (SSSR count). The highest BCUT2D eigenvalue weighted by Gasteiger charge is 2.17. The summed E-state index contributed by atoms with van der Waals surface area (Å²) < 4.78 is 31.0. The van der Waals surface area contributed by atoms with E-state index in [-0.39, 0.29) is 11.7 Å². The van der Waals surface area contributed by atoms with Crippen LogP contribution in [-0.4, -0.2) is 16.7 Å². The molecule has 18 heavy (non-hydrogen) atoms. The van der Waals surface area contributed by atoms with Crippen LogP contribution in [0.5, 0.6) is 0 Å². The molecule has 0 fully saturated rings. The smallest absolute Gasteiger partial charge is 0.231 e. The van der Waals surface area contributed by atoms with E-state index in [0.29, 0.717) is 18.0 Å². The molecule has 0 saturated heterocycles. The molecule has 0 aliphatic heterocycles. The van der Waals surface area contributed by atoms with E-state index in [2.05, 4.69) is 10.1 Å². The summed E-state index contributed by atoms with van der Waals surface area (Å²) in [5, 5.41) is 3.74. The maximum Gasteiger partial charge on any atom is 0.231 e. The number of benzene rings is 1. The molecular weight excluding hydrogens is 240 g/mol. The van der Waals surface area contributed by atoms with Crippen molar-refractivity contribution in [3.63, 3.8) is 0 Å². The Morgan fingerprint density at radius 1 is 1.33 bits per heavy atom. The van der Waals surface area contributed by atoms with Crippen LogP contribution in [0.2, 0.25) is 0 Å². The Morgan fingerprint density at radius 3 is 2.72 bits per heavy atom. The molecule has 1 heterocycles. The summed E-state index contributed by atoms with van der Waals surface area (Å²) in [6.45, 7) is 2.36. The van der Waals surface area contributed by atoms with Crippen molar-refractivity contribution in [2.45, 2.75) is 19.3 Å². The molecule has 0 bridgehead atoms. The van der Waals surface area contributed by atoms with Gasteiger partial charge in [0.1, 0.15) is 0 Å². The summed E-state index contributed by atoms with van der Waals surface area (Å²) >= 11 is 0. The van der Waals surface area contributed by atoms with Crippen LogP contribution in [0.1, 0.15) is 25.2 Å². The summed E-state index contributed by atoms with van der Waals surface area (Å²) in [7, 11) is 0. The van der Waals surface area contributed by atoms with Crippen LogP contribution in [0.3, 0.4) is 0 Å². The Morgan fingerprint density at radius 2 is 2.11 bits per heavy atom. The van der Waals surface area contributed by atoms with Crippen LogP contribution in [-0.2, 0) is 0 Å². The molecule has 96 valence electrons. The van der Waals surface area contributed by atoms with Crippen molar-refractivity contribution in [1.82, 2.24) is 10.1 Å². The van der Waals surface area contributed by atoms with Crippen molar-refractivity contribution in [2.24, 2.45) is 5.73 Å². The minimum atomic E-state index is -0.940. The van der Waals surface area contributed by atoms with Crippen molar-refractivity contribution in [2.75, 3.05) is 6.54 Å². The van der Waals surface area contributed by atoms with E-state index in [1.807, 2.05) is 6.92 Å². The highest BCUT2D eigenvalue weighted by molar-refractivity contribution is 5.54. The zero-order chi connectivity index (χ0) is 13.1. The standard InChI is InChI=1S/C12H13F2N3O/c1-2-7(6-15)12-16-11(17-18-12)8-3-4-9(13)10(14)5-8/h3-5,7H,2,6,15H2,1H3. The molecule has 0 saturated carbocycles. The summed E-state index contributed by atoms with van der Waals surface area (Å²) in [6.07, 6.45) is 0.774. The van der Waals surface area contributed by atoms with Gasteiger partial charge in [-0.15, -0.1) is 0 Å². The first-order valence-corrected chi connectivity index (χ1v) is 5.64. The molecule has 6 heteroatoms. The number of hydrogen-bond donors (Lipinski definition) is 1. The van der Waals surface area contributed by atoms with Crippen LogP contribution in [0.25, 0.3) is 11.4 Å². The van der Waals surface area contributed by atoms with E-state index >= 15 is 0 Å². The van der Waals surface area contributed by atoms with E-state index in [4.69, 9.17) is 10.3 Å². The minimum Gasteiger partial charge on any atom is -0.339 e. The topological polar surface area (TPSA) is 64.9 Å². The molecule has 2 aromatic rings. The fraction of sp³-hybridized carbons (Fsp3) is 0.333. The molecule has 0 radical (unpaired) electrons. The second kappa shape index (κ2) is 5.22. The average Bonchev–Trinajstić information content (AvgIpc) is 2.84. The van der Waals surface area contributed by atoms with E-state index in [1.54, 1.807) is 0 Å². The zero-order valence-corrected chi connectivity index (χ0v) is 9.86. The third kappa shape index (κ3) is 2.38. The average molecular weight is 253 g/mol. The monoisotopic (exact) mass is 253 g/mol. The van der Waals surface area contributed by atoms with Crippen molar-refractivity contribution >= 4 is 0 Å². The molecule has 1 unspecified atom stereocenters. The normalized spacial score (nSPS) is 12.7. The maximum atomic E-state index is 13.1. The maximum absolute atomic E-state index is 13.1. The predicted molar refractivity (Wildman–Crippen MR) is 61.7 cm³/mol. The van der Waals surface area contributed by atoms with Crippen molar-refractivity contribution in [1.29, 1.82) is 0 Å². The number of aromatic nitrogens is 2. The lowest BCUT2D eigenvalue weighted by molar-refractivity contribution is 0.351. The molecule has 0 amide bonds. The molecule has 1 aromatic heterocycles. The Labute approximate surface area is 103 Å². The minimum absolute atomic E-state index is 0.0171. The van der Waals surface area contributed by atoms with Crippen LogP contribution in [0.4, 0.5) is 8.78 Å². The van der Waals surface area contributed by atoms with Gasteiger partial charge in [-0.25, -0.2) is 8.78 Å². The van der Waals surface area contributed by atoms with Crippen LogP contribution < -0.4 is 5.73 Å². The van der Waals surface area contributed by atoms with Gasteiger partial charge < -0.3 is 10.3 Å². The largest absolute Gasteiger partial charge is 0.339 e. The van der Waals surface area contributed by atoms with E-state index in [0.717, 1.165) is 18.6 Å². The fourth-order valence-electron chi connectivity index (χ4n) is 1.60. The van der Waals surface area contributed by atoms with Gasteiger partial charge in [0.05, 0.1) is 5.92 Å². The second-order valence-corrected chi connectivity index (χ2v) is 3.93. The van der Waals surface area contributed by atoms with Crippen molar-refractivity contribution in [3.8, 4) is 11.4 Å². The van der Waals surface area contributed by atoms with Crippen molar-refractivity contribution in [3.05, 3.63) is 35.7 Å². The highest BCUT2D eigenvalue weighted by atomic mass is 19.2. The third-order valence-corrected chi connectivity index (χ3v) is 2.75. The number of hydrogen-bond acceptors (Lipinski definition) is 4. The Hall–Kier alpha value is -1.82. The van der Waals surface area contributed by atoms with Gasteiger partial charge in [0.25, 0.3) is 0 Å². The Balaban J connectivity index is 2.31. The third-order valence-electron chi connectivity index (χ3n) is 2.75. The van der Waals surface area contributed by atoms with Gasteiger partial charge in [0.15, 0.2) is 11.6 Å². The van der Waals surface area contributed by atoms with Gasteiger partial charge in [0, 0.05) is 12.1 Å². The van der Waals surface area contributed by atoms with Gasteiger partial charge in [-0.3, -0.25) is 0 Å². The first kappa shape index (κ1) is 12.6. The molecule has 1 atom stereocenters. The summed E-state index contributed by atoms with van der Waals surface area (Å²) in [6, 6.07) is 3.46. The number of nitrogens with two attached hydrogens (primary N) is 1. The summed E-state index contributed by atoms with van der Waals surface area (Å²) in [5.41, 5.74) is 5.94. The summed E-state index contributed by atoms with van der Waals surface area (Å²) in [4.78, 5) is 4.15. The number of halogens is 2. The molecular formula is C12H13F2N3O. The molecule has 2 N–H and O–H groups in total. The highest BCUT2D eigenvalue weighted by Crippen LogP contribution is 2.22. The SMILES string of the molecule is CCC(CN)c1nc(-c2ccc(F)c(F)c2)no1. The zero-order valence-electron chi connectivity index (χ0n) is 9.86. The molecule has 0 aliphatic carbocycles. The number of rotatable bonds is 4. The molecule has 0 spiro atoms. The summed E-state index contributed by atoms with van der Waals surface area (Å²) in [5.74, 6) is -1.22.